The highest BCUT2D eigenvalue weighted by Gasteiger charge is 2.14. The van der Waals surface area contributed by atoms with Crippen LogP contribution in [0.15, 0.2) is 18.2 Å². The maximum Gasteiger partial charge on any atom is 0.162 e. The number of aryl methyl sites for hydroxylation is 1. The second-order valence-corrected chi connectivity index (χ2v) is 5.42. The Balaban J connectivity index is 1.71. The molecule has 0 saturated heterocycles. The number of hydrogen-bond donors (Lipinski definition) is 1. The van der Waals surface area contributed by atoms with Gasteiger partial charge in [-0.1, -0.05) is 6.42 Å². The number of nitrogens with one attached hydrogen (secondary N) is 1. The summed E-state index contributed by atoms with van der Waals surface area (Å²) < 4.78 is 12.8. The van der Waals surface area contributed by atoms with Crippen molar-refractivity contribution in [2.24, 2.45) is 0 Å². The predicted octanol–water partition coefficient (Wildman–Crippen LogP) is 2.63. The van der Waals surface area contributed by atoms with Gasteiger partial charge in [-0.2, -0.15) is 0 Å². The Labute approximate surface area is 130 Å². The summed E-state index contributed by atoms with van der Waals surface area (Å²) in [6, 6.07) is 5.80. The van der Waals surface area contributed by atoms with E-state index in [-0.39, 0.29) is 0 Å². The molecule has 1 N–H and O–H groups in total. The number of ether oxygens (including phenoxy) is 2. The number of fused-ring (bicyclic) bond motifs is 1. The molecule has 1 aliphatic rings. The van der Waals surface area contributed by atoms with Crippen molar-refractivity contribution < 1.29 is 9.47 Å². The molecule has 6 heteroatoms. The summed E-state index contributed by atoms with van der Waals surface area (Å²) in [5, 5.41) is 12.0. The van der Waals surface area contributed by atoms with E-state index in [1.54, 1.807) is 14.2 Å². The molecule has 22 heavy (non-hydrogen) atoms. The van der Waals surface area contributed by atoms with Crippen LogP contribution in [-0.4, -0.2) is 29.0 Å². The van der Waals surface area contributed by atoms with E-state index in [0.717, 1.165) is 36.1 Å². The summed E-state index contributed by atoms with van der Waals surface area (Å²) in [5.74, 6) is 3.55. The van der Waals surface area contributed by atoms with Crippen molar-refractivity contribution in [1.29, 1.82) is 0 Å². The Morgan fingerprint density at radius 2 is 1.95 bits per heavy atom. The molecule has 1 aromatic heterocycles. The summed E-state index contributed by atoms with van der Waals surface area (Å²) in [4.78, 5) is 0. The molecule has 0 unspecified atom stereocenters. The molecule has 0 fully saturated rings. The molecule has 0 saturated carbocycles. The summed E-state index contributed by atoms with van der Waals surface area (Å²) in [6.07, 6.45) is 4.71. The van der Waals surface area contributed by atoms with Crippen LogP contribution in [0.5, 0.6) is 11.5 Å². The standard InChI is InChI=1S/C16H22N4O2/c1-21-13-8-7-12(10-14(13)22-2)17-11-16-19-18-15-6-4-3-5-9-20(15)16/h7-8,10,17H,3-6,9,11H2,1-2H3. The van der Waals surface area contributed by atoms with Crippen molar-refractivity contribution in [3.8, 4) is 11.5 Å². The van der Waals surface area contributed by atoms with Crippen LogP contribution in [0.3, 0.4) is 0 Å². The molecule has 118 valence electrons. The fourth-order valence-electron chi connectivity index (χ4n) is 2.80. The molecule has 0 bridgehead atoms. The number of hydrogen-bond acceptors (Lipinski definition) is 5. The second kappa shape index (κ2) is 6.68. The van der Waals surface area contributed by atoms with Crippen LogP contribution in [0.1, 0.15) is 30.9 Å². The topological polar surface area (TPSA) is 61.2 Å². The molecular formula is C16H22N4O2. The van der Waals surface area contributed by atoms with Gasteiger partial charge in [0.15, 0.2) is 17.3 Å². The van der Waals surface area contributed by atoms with Gasteiger partial charge in [0.2, 0.25) is 0 Å². The molecule has 1 aromatic carbocycles. The summed E-state index contributed by atoms with van der Waals surface area (Å²) in [6.45, 7) is 1.67. The van der Waals surface area contributed by atoms with Gasteiger partial charge in [0.05, 0.1) is 20.8 Å². The third kappa shape index (κ3) is 3.00. The van der Waals surface area contributed by atoms with Gasteiger partial charge < -0.3 is 19.4 Å². The molecule has 2 aromatic rings. The van der Waals surface area contributed by atoms with Gasteiger partial charge in [-0.15, -0.1) is 10.2 Å². The molecule has 2 heterocycles. The minimum Gasteiger partial charge on any atom is -0.493 e. The zero-order valence-corrected chi connectivity index (χ0v) is 13.1. The monoisotopic (exact) mass is 302 g/mol. The highest BCUT2D eigenvalue weighted by atomic mass is 16.5. The minimum absolute atomic E-state index is 0.655. The Morgan fingerprint density at radius 3 is 2.77 bits per heavy atom. The van der Waals surface area contributed by atoms with E-state index in [4.69, 9.17) is 9.47 Å². The number of rotatable bonds is 5. The van der Waals surface area contributed by atoms with Gasteiger partial charge in [-0.3, -0.25) is 0 Å². The number of aromatic nitrogens is 3. The van der Waals surface area contributed by atoms with Gasteiger partial charge >= 0.3 is 0 Å². The summed E-state index contributed by atoms with van der Waals surface area (Å²) >= 11 is 0. The van der Waals surface area contributed by atoms with E-state index >= 15 is 0 Å². The zero-order chi connectivity index (χ0) is 15.4. The Bertz CT molecular complexity index is 639. The van der Waals surface area contributed by atoms with Crippen LogP contribution >= 0.6 is 0 Å². The number of benzene rings is 1. The first-order valence-electron chi connectivity index (χ1n) is 7.68. The fraction of sp³-hybridized carbons (Fsp3) is 0.500. The molecule has 1 aliphatic heterocycles. The van der Waals surface area contributed by atoms with Crippen molar-refractivity contribution >= 4 is 5.69 Å². The van der Waals surface area contributed by atoms with Crippen LogP contribution in [0.2, 0.25) is 0 Å². The molecule has 3 rings (SSSR count). The Morgan fingerprint density at radius 1 is 1.09 bits per heavy atom. The molecule has 0 aliphatic carbocycles. The van der Waals surface area contributed by atoms with Crippen LogP contribution in [0.25, 0.3) is 0 Å². The maximum absolute atomic E-state index is 5.32. The highest BCUT2D eigenvalue weighted by Crippen LogP contribution is 2.29. The molecule has 6 nitrogen and oxygen atoms in total. The first kappa shape index (κ1) is 14.7. The molecule has 0 spiro atoms. The number of nitrogens with zero attached hydrogens (tertiary/aromatic N) is 3. The molecular weight excluding hydrogens is 280 g/mol. The van der Waals surface area contributed by atoms with Crippen LogP contribution in [0.4, 0.5) is 5.69 Å². The van der Waals surface area contributed by atoms with E-state index in [9.17, 15) is 0 Å². The smallest absolute Gasteiger partial charge is 0.162 e. The van der Waals surface area contributed by atoms with Gasteiger partial charge in [0, 0.05) is 24.7 Å². The maximum atomic E-state index is 5.32. The third-order valence-corrected chi connectivity index (χ3v) is 4.02. The lowest BCUT2D eigenvalue weighted by atomic mass is 10.2. The third-order valence-electron chi connectivity index (χ3n) is 4.02. The second-order valence-electron chi connectivity index (χ2n) is 5.42. The predicted molar refractivity (Wildman–Crippen MR) is 84.4 cm³/mol. The van der Waals surface area contributed by atoms with Crippen LogP contribution in [-0.2, 0) is 19.5 Å². The summed E-state index contributed by atoms with van der Waals surface area (Å²) in [7, 11) is 3.27. The first-order valence-corrected chi connectivity index (χ1v) is 7.68. The average Bonchev–Trinajstić information content (AvgIpc) is 2.79. The first-order chi connectivity index (χ1) is 10.8. The van der Waals surface area contributed by atoms with Crippen molar-refractivity contribution in [3.63, 3.8) is 0 Å². The average molecular weight is 302 g/mol. The molecule has 0 radical (unpaired) electrons. The summed E-state index contributed by atoms with van der Waals surface area (Å²) in [5.41, 5.74) is 0.976. The van der Waals surface area contributed by atoms with E-state index < -0.39 is 0 Å². The van der Waals surface area contributed by atoms with E-state index in [1.807, 2.05) is 18.2 Å². The van der Waals surface area contributed by atoms with E-state index in [1.165, 1.54) is 19.3 Å². The number of methoxy groups -OCH3 is 2. The van der Waals surface area contributed by atoms with Crippen molar-refractivity contribution in [2.45, 2.75) is 38.8 Å². The molecule has 0 atom stereocenters. The Hall–Kier alpha value is -2.24. The highest BCUT2D eigenvalue weighted by molar-refractivity contribution is 5.54. The van der Waals surface area contributed by atoms with Crippen molar-refractivity contribution in [2.75, 3.05) is 19.5 Å². The minimum atomic E-state index is 0.655. The lowest BCUT2D eigenvalue weighted by Crippen LogP contribution is -2.10. The van der Waals surface area contributed by atoms with Gasteiger partial charge in [-0.25, -0.2) is 0 Å². The van der Waals surface area contributed by atoms with E-state index in [2.05, 4.69) is 20.1 Å². The van der Waals surface area contributed by atoms with Crippen molar-refractivity contribution in [3.05, 3.63) is 29.8 Å². The van der Waals surface area contributed by atoms with Crippen molar-refractivity contribution in [1.82, 2.24) is 14.8 Å². The number of anilines is 1. The zero-order valence-electron chi connectivity index (χ0n) is 13.1. The van der Waals surface area contributed by atoms with Gasteiger partial charge in [-0.05, 0) is 25.0 Å². The van der Waals surface area contributed by atoms with Crippen LogP contribution in [0, 0.1) is 0 Å². The van der Waals surface area contributed by atoms with Gasteiger partial charge in [0.25, 0.3) is 0 Å². The lowest BCUT2D eigenvalue weighted by molar-refractivity contribution is 0.355. The largest absolute Gasteiger partial charge is 0.493 e. The molecule has 0 amide bonds. The fourth-order valence-corrected chi connectivity index (χ4v) is 2.80. The quantitative estimate of drug-likeness (QED) is 0.920. The van der Waals surface area contributed by atoms with Gasteiger partial charge in [0.1, 0.15) is 5.82 Å². The Kier molecular flexibility index (Phi) is 4.46. The lowest BCUT2D eigenvalue weighted by Gasteiger charge is -2.12. The van der Waals surface area contributed by atoms with E-state index in [0.29, 0.717) is 12.3 Å². The van der Waals surface area contributed by atoms with Crippen LogP contribution < -0.4 is 14.8 Å². The SMILES string of the molecule is COc1ccc(NCc2nnc3n2CCCCC3)cc1OC. The normalized spacial score (nSPS) is 14.1.